The minimum Gasteiger partial charge on any atom is -0.778 e. The van der Waals surface area contributed by atoms with Crippen LogP contribution in [0.25, 0.3) is 0 Å². The smallest absolute Gasteiger partial charge is 0.146 e. The van der Waals surface area contributed by atoms with E-state index in [9.17, 15) is 9.46 Å². The Kier molecular flexibility index (Phi) is 4.01. The van der Waals surface area contributed by atoms with Gasteiger partial charge in [-0.15, -0.1) is 0 Å². The van der Waals surface area contributed by atoms with Crippen LogP contribution in [-0.2, 0) is 4.57 Å². The van der Waals surface area contributed by atoms with Crippen molar-refractivity contribution in [2.24, 2.45) is 0 Å². The van der Waals surface area contributed by atoms with Crippen LogP contribution in [0.3, 0.4) is 0 Å². The Morgan fingerprint density at radius 3 is 2.56 bits per heavy atom. The van der Waals surface area contributed by atoms with Crippen LogP contribution in [0.5, 0.6) is 0 Å². The molecule has 0 bridgehead atoms. The highest BCUT2D eigenvalue weighted by molar-refractivity contribution is 7.50. The molecule has 9 heavy (non-hydrogen) atoms. The van der Waals surface area contributed by atoms with Crippen molar-refractivity contribution >= 4 is 7.60 Å². The minimum atomic E-state index is -4.17. The lowest BCUT2D eigenvalue weighted by Gasteiger charge is -2.14. The van der Waals surface area contributed by atoms with Crippen molar-refractivity contribution in [3.05, 3.63) is 0 Å². The third kappa shape index (κ3) is 8.07. The molecule has 0 aliphatic heterocycles. The third-order valence-electron chi connectivity index (χ3n) is 0.600. The maximum absolute atomic E-state index is 9.95. The Hall–Kier alpha value is 0.0700. The van der Waals surface area contributed by atoms with Crippen molar-refractivity contribution in [3.63, 3.8) is 0 Å². The highest BCUT2D eigenvalue weighted by atomic mass is 31.2. The first-order valence-electron chi connectivity index (χ1n) is 2.40. The van der Waals surface area contributed by atoms with Crippen LogP contribution in [0, 0.1) is 0 Å². The molecule has 6 heteroatoms. The average molecular weight is 154 g/mol. The zero-order valence-electron chi connectivity index (χ0n) is 4.78. The third-order valence-corrected chi connectivity index (χ3v) is 1.22. The summed E-state index contributed by atoms with van der Waals surface area (Å²) < 4.78 is 9.95. The molecule has 0 aliphatic carbocycles. The second-order valence-corrected chi connectivity index (χ2v) is 3.11. The van der Waals surface area contributed by atoms with Gasteiger partial charge in [-0.05, 0) is 0 Å². The van der Waals surface area contributed by atoms with Gasteiger partial charge in [0.15, 0.2) is 0 Å². The molecule has 0 radical (unpaired) electrons. The molecule has 0 saturated carbocycles. The van der Waals surface area contributed by atoms with E-state index >= 15 is 0 Å². The summed E-state index contributed by atoms with van der Waals surface area (Å²) in [6, 6.07) is 0. The molecule has 1 atom stereocenters. The SMILES string of the molecule is O=P([O-])(O)CNCCO. The molecule has 0 aromatic rings. The monoisotopic (exact) mass is 154 g/mol. The van der Waals surface area contributed by atoms with Crippen LogP contribution in [-0.4, -0.2) is 29.4 Å². The van der Waals surface area contributed by atoms with Crippen LogP contribution >= 0.6 is 7.60 Å². The summed E-state index contributed by atoms with van der Waals surface area (Å²) in [6.07, 6.45) is -0.479. The van der Waals surface area contributed by atoms with E-state index in [0.29, 0.717) is 0 Å². The Morgan fingerprint density at radius 1 is 1.67 bits per heavy atom. The van der Waals surface area contributed by atoms with Crippen molar-refractivity contribution in [3.8, 4) is 0 Å². The molecule has 0 heterocycles. The number of aliphatic hydroxyl groups is 1. The standard InChI is InChI=1S/C3H10NO4P/c5-2-1-4-3-9(6,7)8/h4-5H,1-3H2,(H2,6,7,8)/p-1. The van der Waals surface area contributed by atoms with Crippen LogP contribution in [0.4, 0.5) is 0 Å². The quantitative estimate of drug-likeness (QED) is 0.324. The first-order chi connectivity index (χ1) is 4.06. The molecule has 5 nitrogen and oxygen atoms in total. The fourth-order valence-electron chi connectivity index (χ4n) is 0.299. The minimum absolute atomic E-state index is 0.139. The van der Waals surface area contributed by atoms with Gasteiger partial charge in [-0.3, -0.25) is 0 Å². The molecular weight excluding hydrogens is 145 g/mol. The Labute approximate surface area is 52.9 Å². The van der Waals surface area contributed by atoms with Crippen molar-refractivity contribution in [1.29, 1.82) is 0 Å². The van der Waals surface area contributed by atoms with Gasteiger partial charge in [-0.1, -0.05) is 0 Å². The van der Waals surface area contributed by atoms with Crippen LogP contribution in [0.1, 0.15) is 0 Å². The lowest BCUT2D eigenvalue weighted by atomic mass is 10.7. The molecule has 0 aromatic carbocycles. The maximum Gasteiger partial charge on any atom is 0.146 e. The summed E-state index contributed by atoms with van der Waals surface area (Å²) in [5, 5.41) is 10.4. The molecule has 0 aliphatic rings. The van der Waals surface area contributed by atoms with Crippen molar-refractivity contribution < 1.29 is 19.5 Å². The topological polar surface area (TPSA) is 92.6 Å². The number of aliphatic hydroxyl groups excluding tert-OH is 1. The first-order valence-corrected chi connectivity index (χ1v) is 4.17. The molecule has 0 amide bonds. The molecule has 56 valence electrons. The van der Waals surface area contributed by atoms with E-state index < -0.39 is 13.9 Å². The average Bonchev–Trinajstić information content (AvgIpc) is 1.63. The van der Waals surface area contributed by atoms with E-state index in [4.69, 9.17) is 10.00 Å². The molecule has 0 rings (SSSR count). The fourth-order valence-corrected chi connectivity index (χ4v) is 0.740. The Balaban J connectivity index is 3.18. The summed E-state index contributed by atoms with van der Waals surface area (Å²) in [7, 11) is -4.17. The van der Waals surface area contributed by atoms with E-state index in [1.165, 1.54) is 0 Å². The summed E-state index contributed by atoms with van der Waals surface area (Å²) in [5.41, 5.74) is 0. The van der Waals surface area contributed by atoms with Gasteiger partial charge in [0.2, 0.25) is 0 Å². The predicted octanol–water partition coefficient (Wildman–Crippen LogP) is -1.93. The van der Waals surface area contributed by atoms with E-state index in [-0.39, 0.29) is 13.2 Å². The van der Waals surface area contributed by atoms with Gasteiger partial charge in [0, 0.05) is 6.54 Å². The zero-order chi connectivity index (χ0) is 7.33. The second kappa shape index (κ2) is 3.98. The molecular formula is C3H9NO4P-. The fraction of sp³-hybridized carbons (Fsp3) is 1.00. The van der Waals surface area contributed by atoms with Crippen LogP contribution in [0.2, 0.25) is 0 Å². The van der Waals surface area contributed by atoms with Gasteiger partial charge in [-0.25, -0.2) is 0 Å². The number of nitrogens with one attached hydrogen (secondary N) is 1. The van der Waals surface area contributed by atoms with E-state index in [2.05, 4.69) is 5.32 Å². The number of hydrogen-bond acceptors (Lipinski definition) is 4. The molecule has 0 fully saturated rings. The van der Waals surface area contributed by atoms with Gasteiger partial charge < -0.3 is 24.8 Å². The maximum atomic E-state index is 9.95. The number of hydrogen-bond donors (Lipinski definition) is 3. The lowest BCUT2D eigenvalue weighted by Crippen LogP contribution is -2.22. The molecule has 0 saturated heterocycles. The van der Waals surface area contributed by atoms with Gasteiger partial charge in [-0.2, -0.15) is 0 Å². The zero-order valence-corrected chi connectivity index (χ0v) is 5.67. The van der Waals surface area contributed by atoms with Gasteiger partial charge in [0.25, 0.3) is 0 Å². The molecule has 1 unspecified atom stereocenters. The predicted molar refractivity (Wildman–Crippen MR) is 29.8 cm³/mol. The second-order valence-electron chi connectivity index (χ2n) is 1.52. The van der Waals surface area contributed by atoms with Crippen molar-refractivity contribution in [2.75, 3.05) is 19.4 Å². The van der Waals surface area contributed by atoms with Gasteiger partial charge in [0.05, 0.1) is 12.9 Å². The highest BCUT2D eigenvalue weighted by Gasteiger charge is 1.97. The van der Waals surface area contributed by atoms with Crippen LogP contribution < -0.4 is 10.2 Å². The number of rotatable bonds is 4. The molecule has 0 aromatic heterocycles. The Morgan fingerprint density at radius 2 is 2.22 bits per heavy atom. The van der Waals surface area contributed by atoms with E-state index in [0.717, 1.165) is 0 Å². The van der Waals surface area contributed by atoms with Crippen molar-refractivity contribution in [1.82, 2.24) is 5.32 Å². The largest absolute Gasteiger partial charge is 0.778 e. The lowest BCUT2D eigenvalue weighted by molar-refractivity contribution is -0.193. The highest BCUT2D eigenvalue weighted by Crippen LogP contribution is 2.25. The summed E-state index contributed by atoms with van der Waals surface area (Å²) in [4.78, 5) is 18.0. The van der Waals surface area contributed by atoms with Crippen molar-refractivity contribution in [2.45, 2.75) is 0 Å². The van der Waals surface area contributed by atoms with Gasteiger partial charge >= 0.3 is 0 Å². The Bertz CT molecular complexity index is 110. The summed E-state index contributed by atoms with van der Waals surface area (Å²) >= 11 is 0. The molecule has 0 spiro atoms. The first kappa shape index (κ1) is 9.07. The van der Waals surface area contributed by atoms with E-state index in [1.54, 1.807) is 0 Å². The van der Waals surface area contributed by atoms with E-state index in [1.807, 2.05) is 0 Å². The van der Waals surface area contributed by atoms with Gasteiger partial charge in [0.1, 0.15) is 7.60 Å². The molecule has 3 N–H and O–H groups in total. The van der Waals surface area contributed by atoms with Crippen LogP contribution in [0.15, 0.2) is 0 Å². The summed E-state index contributed by atoms with van der Waals surface area (Å²) in [6.45, 7) is 0.0345. The summed E-state index contributed by atoms with van der Waals surface area (Å²) in [5.74, 6) is 0. The normalized spacial score (nSPS) is 17.2.